The van der Waals surface area contributed by atoms with Crippen molar-refractivity contribution in [1.82, 2.24) is 9.78 Å². The fraction of sp³-hybridized carbons (Fsp3) is 0.312. The first-order chi connectivity index (χ1) is 11.0. The maximum atomic E-state index is 13.8. The molecule has 1 fully saturated rings. The van der Waals surface area contributed by atoms with Crippen molar-refractivity contribution in [2.45, 2.75) is 25.8 Å². The highest BCUT2D eigenvalue weighted by Gasteiger charge is 2.21. The summed E-state index contributed by atoms with van der Waals surface area (Å²) in [6.45, 7) is 0.660. The predicted octanol–water partition coefficient (Wildman–Crippen LogP) is 2.77. The third kappa shape index (κ3) is 3.23. The Morgan fingerprint density at radius 1 is 1.35 bits per heavy atom. The van der Waals surface area contributed by atoms with Crippen molar-refractivity contribution < 1.29 is 19.1 Å². The minimum Gasteiger partial charge on any atom is -0.478 e. The van der Waals surface area contributed by atoms with Crippen LogP contribution in [0.5, 0.6) is 0 Å². The number of amides is 1. The van der Waals surface area contributed by atoms with Gasteiger partial charge in [-0.2, -0.15) is 5.10 Å². The molecular weight excluding hydrogens is 301 g/mol. The Balaban J connectivity index is 1.78. The average molecular weight is 317 g/mol. The molecule has 2 N–H and O–H groups in total. The molecule has 23 heavy (non-hydrogen) atoms. The third-order valence-corrected chi connectivity index (χ3v) is 4.07. The molecule has 0 aliphatic heterocycles. The molecule has 0 atom stereocenters. The summed E-state index contributed by atoms with van der Waals surface area (Å²) in [6.07, 6.45) is 4.96. The number of carboxylic acid groups (broad SMARTS) is 1. The first-order valence-electron chi connectivity index (χ1n) is 7.40. The van der Waals surface area contributed by atoms with Crippen molar-refractivity contribution in [3.05, 3.63) is 47.5 Å². The standard InChI is InChI=1S/C16H16FN3O3/c17-12-5-4-11(16(22)23)8-13(12)19-15(21)14-6-7-18-20(14)9-10-2-1-3-10/h4-8,10H,1-3,9H2,(H,19,21)(H,22,23). The molecule has 1 amide bonds. The summed E-state index contributed by atoms with van der Waals surface area (Å²) >= 11 is 0. The number of anilines is 1. The van der Waals surface area contributed by atoms with Crippen molar-refractivity contribution in [2.75, 3.05) is 5.32 Å². The number of rotatable bonds is 5. The monoisotopic (exact) mass is 317 g/mol. The van der Waals surface area contributed by atoms with Gasteiger partial charge in [0.2, 0.25) is 0 Å². The number of benzene rings is 1. The van der Waals surface area contributed by atoms with E-state index >= 15 is 0 Å². The summed E-state index contributed by atoms with van der Waals surface area (Å²) in [5.74, 6) is -1.86. The lowest BCUT2D eigenvalue weighted by Gasteiger charge is -2.25. The number of carbonyl (C=O) groups excluding carboxylic acids is 1. The van der Waals surface area contributed by atoms with Gasteiger partial charge in [0.05, 0.1) is 11.3 Å². The van der Waals surface area contributed by atoms with Gasteiger partial charge >= 0.3 is 5.97 Å². The van der Waals surface area contributed by atoms with E-state index in [0.29, 0.717) is 18.2 Å². The number of aromatic carboxylic acids is 1. The van der Waals surface area contributed by atoms with Crippen molar-refractivity contribution >= 4 is 17.6 Å². The Labute approximate surface area is 131 Å². The van der Waals surface area contributed by atoms with Gasteiger partial charge in [0, 0.05) is 12.7 Å². The number of carboxylic acids is 1. The smallest absolute Gasteiger partial charge is 0.335 e. The fourth-order valence-electron chi connectivity index (χ4n) is 2.53. The Kier molecular flexibility index (Phi) is 4.10. The topological polar surface area (TPSA) is 84.2 Å². The van der Waals surface area contributed by atoms with Gasteiger partial charge in [0.15, 0.2) is 0 Å². The van der Waals surface area contributed by atoms with Crippen LogP contribution in [0.25, 0.3) is 0 Å². The average Bonchev–Trinajstić information content (AvgIpc) is 2.93. The van der Waals surface area contributed by atoms with E-state index in [4.69, 9.17) is 5.11 Å². The molecule has 0 unspecified atom stereocenters. The van der Waals surface area contributed by atoms with Gasteiger partial charge in [0.25, 0.3) is 5.91 Å². The van der Waals surface area contributed by atoms with E-state index in [2.05, 4.69) is 10.4 Å². The van der Waals surface area contributed by atoms with Gasteiger partial charge in [-0.25, -0.2) is 9.18 Å². The highest BCUT2D eigenvalue weighted by Crippen LogP contribution is 2.28. The minimum atomic E-state index is -1.18. The van der Waals surface area contributed by atoms with Crippen LogP contribution in [0, 0.1) is 11.7 Å². The molecular formula is C16H16FN3O3. The lowest BCUT2D eigenvalue weighted by atomic mass is 9.85. The fourth-order valence-corrected chi connectivity index (χ4v) is 2.53. The van der Waals surface area contributed by atoms with Crippen molar-refractivity contribution in [1.29, 1.82) is 0 Å². The second-order valence-corrected chi connectivity index (χ2v) is 5.65. The van der Waals surface area contributed by atoms with Crippen molar-refractivity contribution in [3.63, 3.8) is 0 Å². The highest BCUT2D eigenvalue weighted by molar-refractivity contribution is 6.03. The Hall–Kier alpha value is -2.70. The van der Waals surface area contributed by atoms with E-state index in [0.717, 1.165) is 31.0 Å². The van der Waals surface area contributed by atoms with E-state index in [1.807, 2.05) is 0 Å². The van der Waals surface area contributed by atoms with Crippen LogP contribution >= 0.6 is 0 Å². The normalized spacial score (nSPS) is 14.3. The van der Waals surface area contributed by atoms with E-state index in [1.54, 1.807) is 10.7 Å². The first kappa shape index (κ1) is 15.2. The van der Waals surface area contributed by atoms with Gasteiger partial charge in [-0.15, -0.1) is 0 Å². The Morgan fingerprint density at radius 2 is 2.13 bits per heavy atom. The van der Waals surface area contributed by atoms with Gasteiger partial charge in [-0.1, -0.05) is 6.42 Å². The third-order valence-electron chi connectivity index (χ3n) is 4.07. The van der Waals surface area contributed by atoms with Crippen LogP contribution in [0.1, 0.15) is 40.1 Å². The molecule has 6 nitrogen and oxygen atoms in total. The van der Waals surface area contributed by atoms with E-state index in [-0.39, 0.29) is 11.3 Å². The van der Waals surface area contributed by atoms with Gasteiger partial charge in [-0.3, -0.25) is 9.48 Å². The van der Waals surface area contributed by atoms with Crippen LogP contribution in [0.4, 0.5) is 10.1 Å². The molecule has 1 aromatic heterocycles. The maximum Gasteiger partial charge on any atom is 0.335 e. The quantitative estimate of drug-likeness (QED) is 0.888. The number of hydrogen-bond acceptors (Lipinski definition) is 3. The molecule has 7 heteroatoms. The van der Waals surface area contributed by atoms with Gasteiger partial charge in [-0.05, 0) is 43.0 Å². The molecule has 1 aromatic carbocycles. The van der Waals surface area contributed by atoms with E-state index in [1.165, 1.54) is 12.6 Å². The molecule has 0 bridgehead atoms. The molecule has 0 radical (unpaired) electrons. The minimum absolute atomic E-state index is 0.0929. The van der Waals surface area contributed by atoms with Gasteiger partial charge in [0.1, 0.15) is 11.5 Å². The van der Waals surface area contributed by atoms with E-state index < -0.39 is 17.7 Å². The molecule has 0 saturated heterocycles. The summed E-state index contributed by atoms with van der Waals surface area (Å²) in [6, 6.07) is 4.83. The molecule has 120 valence electrons. The first-order valence-corrected chi connectivity index (χ1v) is 7.40. The maximum absolute atomic E-state index is 13.8. The number of hydrogen-bond donors (Lipinski definition) is 2. The lowest BCUT2D eigenvalue weighted by Crippen LogP contribution is -2.24. The second-order valence-electron chi connectivity index (χ2n) is 5.65. The summed E-state index contributed by atoms with van der Waals surface area (Å²) in [5.41, 5.74) is 0.0768. The van der Waals surface area contributed by atoms with Gasteiger partial charge < -0.3 is 10.4 Å². The summed E-state index contributed by atoms with van der Waals surface area (Å²) in [7, 11) is 0. The SMILES string of the molecule is O=C(O)c1ccc(F)c(NC(=O)c2ccnn2CC2CCC2)c1. The van der Waals surface area contributed by atoms with Crippen molar-refractivity contribution in [2.24, 2.45) is 5.92 Å². The van der Waals surface area contributed by atoms with Crippen LogP contribution in [0.3, 0.4) is 0 Å². The molecule has 0 spiro atoms. The van der Waals surface area contributed by atoms with Crippen LogP contribution in [0.2, 0.25) is 0 Å². The predicted molar refractivity (Wildman–Crippen MR) is 80.9 cm³/mol. The van der Waals surface area contributed by atoms with Crippen LogP contribution < -0.4 is 5.32 Å². The van der Waals surface area contributed by atoms with E-state index in [9.17, 15) is 14.0 Å². The summed E-state index contributed by atoms with van der Waals surface area (Å²) in [4.78, 5) is 23.3. The van der Waals surface area contributed by atoms with Crippen LogP contribution in [-0.2, 0) is 6.54 Å². The zero-order chi connectivity index (χ0) is 16.4. The Morgan fingerprint density at radius 3 is 2.78 bits per heavy atom. The molecule has 1 aliphatic carbocycles. The number of nitrogens with one attached hydrogen (secondary N) is 1. The van der Waals surface area contributed by atoms with Crippen LogP contribution in [0.15, 0.2) is 30.5 Å². The number of aromatic nitrogens is 2. The molecule has 1 aliphatic rings. The van der Waals surface area contributed by atoms with Crippen molar-refractivity contribution in [3.8, 4) is 0 Å². The number of nitrogens with zero attached hydrogens (tertiary/aromatic N) is 2. The zero-order valence-electron chi connectivity index (χ0n) is 12.3. The highest BCUT2D eigenvalue weighted by atomic mass is 19.1. The number of carbonyl (C=O) groups is 2. The zero-order valence-corrected chi connectivity index (χ0v) is 12.3. The van der Waals surface area contributed by atoms with Crippen LogP contribution in [-0.4, -0.2) is 26.8 Å². The Bertz CT molecular complexity index is 753. The largest absolute Gasteiger partial charge is 0.478 e. The lowest BCUT2D eigenvalue weighted by molar-refractivity contribution is 0.0696. The molecule has 1 heterocycles. The number of halogens is 1. The second kappa shape index (κ2) is 6.20. The molecule has 1 saturated carbocycles. The molecule has 2 aromatic rings. The summed E-state index contributed by atoms with van der Waals surface area (Å²) < 4.78 is 15.4. The summed E-state index contributed by atoms with van der Waals surface area (Å²) in [5, 5.41) is 15.5. The molecule has 3 rings (SSSR count).